The molecule has 0 spiro atoms. The van der Waals surface area contributed by atoms with Crippen molar-refractivity contribution < 1.29 is 18.3 Å². The number of nitrogens with zero attached hydrogens (tertiary/aromatic N) is 1. The van der Waals surface area contributed by atoms with E-state index < -0.39 is 28.9 Å². The largest absolute Gasteiger partial charge is 0.423 e. The Morgan fingerprint density at radius 2 is 1.50 bits per heavy atom. The number of nitriles is 1. The third-order valence-electron chi connectivity index (χ3n) is 9.63. The van der Waals surface area contributed by atoms with E-state index in [1.807, 2.05) is 0 Å². The Labute approximate surface area is 216 Å². The summed E-state index contributed by atoms with van der Waals surface area (Å²) in [5.41, 5.74) is -0.390. The van der Waals surface area contributed by atoms with Gasteiger partial charge in [-0.1, -0.05) is 51.9 Å². The molecule has 5 heteroatoms. The lowest BCUT2D eigenvalue weighted by Crippen LogP contribution is -2.35. The minimum absolute atomic E-state index is 0.261. The van der Waals surface area contributed by atoms with Crippen LogP contribution in [0.4, 0.5) is 8.78 Å². The summed E-state index contributed by atoms with van der Waals surface area (Å²) in [5.74, 6) is 0.559. The van der Waals surface area contributed by atoms with Crippen LogP contribution in [0, 0.1) is 58.5 Å². The highest BCUT2D eigenvalue weighted by Gasteiger charge is 2.39. The van der Waals surface area contributed by atoms with Crippen LogP contribution in [-0.4, -0.2) is 5.97 Å². The number of rotatable bonds is 9. The molecule has 4 rings (SSSR count). The Bertz CT molecular complexity index is 918. The van der Waals surface area contributed by atoms with Crippen molar-refractivity contribution in [3.63, 3.8) is 0 Å². The highest BCUT2D eigenvalue weighted by atomic mass is 19.2. The van der Waals surface area contributed by atoms with E-state index in [-0.39, 0.29) is 5.92 Å². The van der Waals surface area contributed by atoms with E-state index in [0.29, 0.717) is 5.92 Å². The van der Waals surface area contributed by atoms with Gasteiger partial charge in [-0.3, -0.25) is 4.79 Å². The zero-order valence-corrected chi connectivity index (χ0v) is 22.0. The van der Waals surface area contributed by atoms with Gasteiger partial charge < -0.3 is 4.74 Å². The van der Waals surface area contributed by atoms with Gasteiger partial charge in [0.2, 0.25) is 5.82 Å². The molecule has 36 heavy (non-hydrogen) atoms. The predicted octanol–water partition coefficient (Wildman–Crippen LogP) is 8.74. The van der Waals surface area contributed by atoms with Crippen LogP contribution in [0.5, 0.6) is 5.75 Å². The van der Waals surface area contributed by atoms with Crippen molar-refractivity contribution in [1.29, 1.82) is 5.26 Å². The summed E-state index contributed by atoms with van der Waals surface area (Å²) in [6, 6.07) is 3.91. The standard InChI is InChI=1S/C31H43F2NO2/c1-2-3-4-5-6-7-21-8-9-26-19-25(15-14-24(26)18-21)22-10-12-23(13-11-22)31(35)36-28-17-16-27(20-34)29(32)30(28)33/h16-17,21-26H,2-15,18-19H2,1H3. The number of carbonyl (C=O) groups excluding carboxylic acids is 1. The summed E-state index contributed by atoms with van der Waals surface area (Å²) < 4.78 is 33.2. The molecule has 0 heterocycles. The Morgan fingerprint density at radius 3 is 2.22 bits per heavy atom. The van der Waals surface area contributed by atoms with Crippen molar-refractivity contribution >= 4 is 5.97 Å². The maximum atomic E-state index is 14.1. The number of benzene rings is 1. The maximum absolute atomic E-state index is 14.1. The van der Waals surface area contributed by atoms with Crippen molar-refractivity contribution in [2.45, 2.75) is 110 Å². The average Bonchev–Trinajstić information content (AvgIpc) is 2.91. The number of carbonyl (C=O) groups is 1. The first-order valence-electron chi connectivity index (χ1n) is 14.6. The van der Waals surface area contributed by atoms with Crippen LogP contribution in [0.15, 0.2) is 12.1 Å². The van der Waals surface area contributed by atoms with E-state index in [1.54, 1.807) is 6.07 Å². The topological polar surface area (TPSA) is 50.1 Å². The molecule has 4 unspecified atom stereocenters. The molecule has 0 aliphatic heterocycles. The van der Waals surface area contributed by atoms with Crippen molar-refractivity contribution in [3.05, 3.63) is 29.3 Å². The minimum atomic E-state index is -1.26. The second-order valence-electron chi connectivity index (χ2n) is 11.9. The molecule has 3 aliphatic carbocycles. The fourth-order valence-corrected chi connectivity index (χ4v) is 7.46. The summed E-state index contributed by atoms with van der Waals surface area (Å²) in [6.45, 7) is 2.28. The highest BCUT2D eigenvalue weighted by Crippen LogP contribution is 2.49. The van der Waals surface area contributed by atoms with E-state index in [9.17, 15) is 13.6 Å². The normalized spacial score (nSPS) is 30.3. The molecular formula is C31H43F2NO2. The Morgan fingerprint density at radius 1 is 0.861 bits per heavy atom. The Hall–Kier alpha value is -1.96. The molecule has 0 bridgehead atoms. The van der Waals surface area contributed by atoms with E-state index >= 15 is 0 Å². The first kappa shape index (κ1) is 27.1. The van der Waals surface area contributed by atoms with Crippen LogP contribution >= 0.6 is 0 Å². The van der Waals surface area contributed by atoms with Crippen molar-refractivity contribution in [3.8, 4) is 11.8 Å². The van der Waals surface area contributed by atoms with E-state index in [1.165, 1.54) is 83.1 Å². The van der Waals surface area contributed by atoms with Crippen LogP contribution in [0.1, 0.15) is 115 Å². The van der Waals surface area contributed by atoms with Crippen LogP contribution in [0.2, 0.25) is 0 Å². The van der Waals surface area contributed by atoms with Gasteiger partial charge in [-0.05, 0) is 99.5 Å². The van der Waals surface area contributed by atoms with Gasteiger partial charge in [-0.15, -0.1) is 0 Å². The molecule has 3 nitrogen and oxygen atoms in total. The highest BCUT2D eigenvalue weighted by molar-refractivity contribution is 5.75. The molecule has 4 atom stereocenters. The lowest BCUT2D eigenvalue weighted by atomic mass is 9.60. The Balaban J connectivity index is 1.19. The average molecular weight is 500 g/mol. The minimum Gasteiger partial charge on any atom is -0.423 e. The molecule has 3 saturated carbocycles. The number of hydrogen-bond acceptors (Lipinski definition) is 3. The summed E-state index contributed by atoms with van der Waals surface area (Å²) in [5, 5.41) is 8.82. The zero-order chi connectivity index (χ0) is 25.5. The second kappa shape index (κ2) is 13.0. The number of esters is 1. The Kier molecular flexibility index (Phi) is 9.80. The lowest BCUT2D eigenvalue weighted by molar-refractivity contribution is -0.140. The fourth-order valence-electron chi connectivity index (χ4n) is 7.46. The number of ether oxygens (including phenoxy) is 1. The van der Waals surface area contributed by atoms with Gasteiger partial charge in [0.05, 0.1) is 11.5 Å². The van der Waals surface area contributed by atoms with Gasteiger partial charge in [-0.25, -0.2) is 4.39 Å². The molecule has 198 valence electrons. The van der Waals surface area contributed by atoms with E-state index in [4.69, 9.17) is 10.00 Å². The van der Waals surface area contributed by atoms with Gasteiger partial charge in [0.25, 0.3) is 0 Å². The SMILES string of the molecule is CCCCCCCC1CCC2CC(C3CCC(C(=O)Oc4ccc(C#N)c(F)c4F)CC3)CCC2C1. The number of halogens is 2. The molecule has 1 aromatic rings. The quantitative estimate of drug-likeness (QED) is 0.194. The van der Waals surface area contributed by atoms with Gasteiger partial charge in [-0.2, -0.15) is 9.65 Å². The summed E-state index contributed by atoms with van der Waals surface area (Å²) >= 11 is 0. The molecule has 1 aromatic carbocycles. The third kappa shape index (κ3) is 6.67. The molecule has 3 fully saturated rings. The molecule has 0 N–H and O–H groups in total. The predicted molar refractivity (Wildman–Crippen MR) is 137 cm³/mol. The fraction of sp³-hybridized carbons (Fsp3) is 0.742. The summed E-state index contributed by atoms with van der Waals surface area (Å²) in [7, 11) is 0. The number of unbranched alkanes of at least 4 members (excludes halogenated alkanes) is 4. The van der Waals surface area contributed by atoms with Crippen molar-refractivity contribution in [1.82, 2.24) is 0 Å². The first-order chi connectivity index (χ1) is 17.5. The lowest BCUT2D eigenvalue weighted by Gasteiger charge is -2.45. The third-order valence-corrected chi connectivity index (χ3v) is 9.63. The van der Waals surface area contributed by atoms with Gasteiger partial charge in [0, 0.05) is 0 Å². The number of hydrogen-bond donors (Lipinski definition) is 0. The van der Waals surface area contributed by atoms with Gasteiger partial charge in [0.1, 0.15) is 6.07 Å². The number of fused-ring (bicyclic) bond motifs is 1. The maximum Gasteiger partial charge on any atom is 0.314 e. The molecule has 0 saturated heterocycles. The smallest absolute Gasteiger partial charge is 0.314 e. The van der Waals surface area contributed by atoms with E-state index in [0.717, 1.165) is 55.4 Å². The van der Waals surface area contributed by atoms with Gasteiger partial charge >= 0.3 is 5.97 Å². The van der Waals surface area contributed by atoms with Crippen molar-refractivity contribution in [2.75, 3.05) is 0 Å². The van der Waals surface area contributed by atoms with Crippen LogP contribution in [-0.2, 0) is 4.79 Å². The van der Waals surface area contributed by atoms with E-state index in [2.05, 4.69) is 6.92 Å². The second-order valence-corrected chi connectivity index (χ2v) is 11.9. The molecule has 0 aromatic heterocycles. The van der Waals surface area contributed by atoms with Crippen LogP contribution < -0.4 is 4.74 Å². The summed E-state index contributed by atoms with van der Waals surface area (Å²) in [6.07, 6.45) is 20.3. The van der Waals surface area contributed by atoms with Crippen LogP contribution in [0.25, 0.3) is 0 Å². The zero-order valence-electron chi connectivity index (χ0n) is 22.0. The first-order valence-corrected chi connectivity index (χ1v) is 14.6. The molecule has 0 radical (unpaired) electrons. The molecular weight excluding hydrogens is 456 g/mol. The van der Waals surface area contributed by atoms with Crippen molar-refractivity contribution in [2.24, 2.45) is 35.5 Å². The summed E-state index contributed by atoms with van der Waals surface area (Å²) in [4.78, 5) is 12.6. The molecule has 3 aliphatic rings. The molecule has 0 amide bonds. The van der Waals surface area contributed by atoms with Gasteiger partial charge in [0.15, 0.2) is 11.6 Å². The monoisotopic (exact) mass is 499 g/mol. The van der Waals surface area contributed by atoms with Crippen LogP contribution in [0.3, 0.4) is 0 Å².